The van der Waals surface area contributed by atoms with Gasteiger partial charge in [0, 0.05) is 11.8 Å². The van der Waals surface area contributed by atoms with E-state index in [1.165, 1.54) is 0 Å². The maximum atomic E-state index is 10.9. The minimum absolute atomic E-state index is 0.251. The lowest BCUT2D eigenvalue weighted by molar-refractivity contribution is 0.0690. The number of nitrogens with zero attached hydrogens (tertiary/aromatic N) is 1. The molecule has 0 aliphatic heterocycles. The Bertz CT molecular complexity index is 488. The van der Waals surface area contributed by atoms with E-state index in [9.17, 15) is 4.79 Å². The maximum absolute atomic E-state index is 10.9. The molecule has 0 aliphatic carbocycles. The first-order valence-corrected chi connectivity index (χ1v) is 4.43. The van der Waals surface area contributed by atoms with E-state index >= 15 is 0 Å². The van der Waals surface area contributed by atoms with E-state index in [1.807, 2.05) is 13.0 Å². The summed E-state index contributed by atoms with van der Waals surface area (Å²) in [5.41, 5.74) is 2.56. The highest BCUT2D eigenvalue weighted by Gasteiger charge is 2.15. The van der Waals surface area contributed by atoms with Gasteiger partial charge >= 0.3 is 5.97 Å². The fraction of sp³-hybridized carbons (Fsp3) is 0.200. The van der Waals surface area contributed by atoms with Crippen molar-refractivity contribution in [3.63, 3.8) is 0 Å². The van der Waals surface area contributed by atoms with Crippen molar-refractivity contribution in [2.45, 2.75) is 13.3 Å². The summed E-state index contributed by atoms with van der Waals surface area (Å²) in [6.45, 7) is 1.92. The van der Waals surface area contributed by atoms with Gasteiger partial charge in [-0.05, 0) is 18.6 Å². The molecule has 0 spiro atoms. The van der Waals surface area contributed by atoms with E-state index < -0.39 is 5.97 Å². The Morgan fingerprint density at radius 1 is 1.64 bits per heavy atom. The number of aromatic nitrogens is 2. The van der Waals surface area contributed by atoms with Crippen LogP contribution in [0.5, 0.6) is 0 Å². The zero-order chi connectivity index (χ0) is 10.1. The molecule has 72 valence electrons. The largest absolute Gasteiger partial charge is 0.477 e. The summed E-state index contributed by atoms with van der Waals surface area (Å²) in [6.07, 6.45) is 2.33. The van der Waals surface area contributed by atoms with Crippen molar-refractivity contribution in [2.75, 3.05) is 0 Å². The van der Waals surface area contributed by atoms with E-state index in [4.69, 9.17) is 5.11 Å². The number of carboxylic acid groups (broad SMARTS) is 1. The molecular formula is C10H10N2O2. The van der Waals surface area contributed by atoms with Crippen LogP contribution in [0.4, 0.5) is 0 Å². The Hall–Kier alpha value is -1.84. The van der Waals surface area contributed by atoms with Gasteiger partial charge in [0.1, 0.15) is 5.69 Å². The van der Waals surface area contributed by atoms with Gasteiger partial charge in [0.25, 0.3) is 0 Å². The lowest BCUT2D eigenvalue weighted by Gasteiger charge is -1.94. The minimum atomic E-state index is -0.931. The zero-order valence-corrected chi connectivity index (χ0v) is 7.74. The van der Waals surface area contributed by atoms with Crippen molar-refractivity contribution in [3.05, 3.63) is 29.6 Å². The number of nitrogens with one attached hydrogen (secondary N) is 1. The van der Waals surface area contributed by atoms with Crippen molar-refractivity contribution >= 4 is 17.0 Å². The summed E-state index contributed by atoms with van der Waals surface area (Å²) in [5.74, 6) is -0.931. The number of fused-ring (bicyclic) bond motifs is 1. The molecule has 2 N–H and O–H groups in total. The molecule has 0 atom stereocenters. The molecule has 0 fully saturated rings. The maximum Gasteiger partial charge on any atom is 0.352 e. The molecule has 2 aromatic rings. The Morgan fingerprint density at radius 3 is 3.07 bits per heavy atom. The summed E-state index contributed by atoms with van der Waals surface area (Å²) >= 11 is 0. The second kappa shape index (κ2) is 3.14. The summed E-state index contributed by atoms with van der Waals surface area (Å²) < 4.78 is 0. The predicted octanol–water partition coefficient (Wildman–Crippen LogP) is 1.82. The van der Waals surface area contributed by atoms with E-state index in [1.54, 1.807) is 12.3 Å². The van der Waals surface area contributed by atoms with Gasteiger partial charge in [-0.2, -0.15) is 0 Å². The van der Waals surface area contributed by atoms with Gasteiger partial charge in [0.15, 0.2) is 0 Å². The molecule has 2 heterocycles. The Morgan fingerprint density at radius 2 is 2.43 bits per heavy atom. The van der Waals surface area contributed by atoms with Crippen LogP contribution in [-0.4, -0.2) is 21.0 Å². The molecule has 2 aromatic heterocycles. The summed E-state index contributed by atoms with van der Waals surface area (Å²) in [6, 6.07) is 3.61. The molecule has 4 nitrogen and oxygen atoms in total. The Labute approximate surface area is 80.6 Å². The summed E-state index contributed by atoms with van der Waals surface area (Å²) in [5, 5.41) is 8.94. The molecule has 0 bridgehead atoms. The standard InChI is InChI=1S/C10H10N2O2/c1-2-6-8-7(4-3-5-11-8)12-9(6)10(13)14/h3-5,12H,2H2,1H3,(H,13,14). The van der Waals surface area contributed by atoms with Crippen LogP contribution in [0, 0.1) is 0 Å². The SMILES string of the molecule is CCc1c(C(=O)O)[nH]c2cccnc12. The smallest absolute Gasteiger partial charge is 0.352 e. The van der Waals surface area contributed by atoms with Crippen LogP contribution >= 0.6 is 0 Å². The number of carbonyl (C=O) groups is 1. The topological polar surface area (TPSA) is 66.0 Å². The molecule has 2 rings (SSSR count). The van der Waals surface area contributed by atoms with Crippen molar-refractivity contribution in [2.24, 2.45) is 0 Å². The van der Waals surface area contributed by atoms with Gasteiger partial charge in [-0.15, -0.1) is 0 Å². The van der Waals surface area contributed by atoms with Gasteiger partial charge in [0.2, 0.25) is 0 Å². The highest BCUT2D eigenvalue weighted by Crippen LogP contribution is 2.20. The molecule has 0 saturated carbocycles. The number of rotatable bonds is 2. The van der Waals surface area contributed by atoms with E-state index in [2.05, 4.69) is 9.97 Å². The number of carboxylic acids is 1. The van der Waals surface area contributed by atoms with Crippen LogP contribution in [0.1, 0.15) is 23.0 Å². The first-order chi connectivity index (χ1) is 6.74. The molecule has 0 aliphatic rings. The summed E-state index contributed by atoms with van der Waals surface area (Å²) in [4.78, 5) is 17.9. The number of hydrogen-bond acceptors (Lipinski definition) is 2. The van der Waals surface area contributed by atoms with Crippen LogP contribution in [0.2, 0.25) is 0 Å². The third kappa shape index (κ3) is 1.16. The van der Waals surface area contributed by atoms with Crippen LogP contribution in [0.3, 0.4) is 0 Å². The molecule has 0 saturated heterocycles. The average molecular weight is 190 g/mol. The Kier molecular flexibility index (Phi) is 1.96. The van der Waals surface area contributed by atoms with E-state index in [0.29, 0.717) is 6.42 Å². The normalized spacial score (nSPS) is 10.6. The average Bonchev–Trinajstić information content (AvgIpc) is 2.56. The number of aromatic amines is 1. The van der Waals surface area contributed by atoms with Crippen molar-refractivity contribution < 1.29 is 9.90 Å². The van der Waals surface area contributed by atoms with Gasteiger partial charge in [0.05, 0.1) is 11.0 Å². The van der Waals surface area contributed by atoms with Crippen molar-refractivity contribution in [1.82, 2.24) is 9.97 Å². The highest BCUT2D eigenvalue weighted by atomic mass is 16.4. The lowest BCUT2D eigenvalue weighted by atomic mass is 10.1. The molecule has 0 aromatic carbocycles. The first-order valence-electron chi connectivity index (χ1n) is 4.43. The molecule has 0 unspecified atom stereocenters. The third-order valence-corrected chi connectivity index (χ3v) is 2.22. The molecule has 0 amide bonds. The van der Waals surface area contributed by atoms with E-state index in [-0.39, 0.29) is 5.69 Å². The number of aryl methyl sites for hydroxylation is 1. The second-order valence-electron chi connectivity index (χ2n) is 3.04. The van der Waals surface area contributed by atoms with Gasteiger partial charge in [-0.25, -0.2) is 4.79 Å². The number of hydrogen-bond donors (Lipinski definition) is 2. The Balaban J connectivity index is 2.78. The molecule has 14 heavy (non-hydrogen) atoms. The quantitative estimate of drug-likeness (QED) is 0.759. The fourth-order valence-corrected chi connectivity index (χ4v) is 1.60. The molecule has 0 radical (unpaired) electrons. The molecule has 4 heteroatoms. The van der Waals surface area contributed by atoms with Crippen LogP contribution in [0.25, 0.3) is 11.0 Å². The van der Waals surface area contributed by atoms with Crippen molar-refractivity contribution in [1.29, 1.82) is 0 Å². The van der Waals surface area contributed by atoms with Gasteiger partial charge in [-0.3, -0.25) is 4.98 Å². The van der Waals surface area contributed by atoms with E-state index in [0.717, 1.165) is 16.6 Å². The lowest BCUT2D eigenvalue weighted by Crippen LogP contribution is -2.00. The van der Waals surface area contributed by atoms with Crippen LogP contribution in [0.15, 0.2) is 18.3 Å². The van der Waals surface area contributed by atoms with Gasteiger partial charge in [-0.1, -0.05) is 6.92 Å². The zero-order valence-electron chi connectivity index (χ0n) is 7.74. The fourth-order valence-electron chi connectivity index (χ4n) is 1.60. The second-order valence-corrected chi connectivity index (χ2v) is 3.04. The predicted molar refractivity (Wildman–Crippen MR) is 52.4 cm³/mol. The minimum Gasteiger partial charge on any atom is -0.477 e. The number of aromatic carboxylic acids is 1. The third-order valence-electron chi connectivity index (χ3n) is 2.22. The highest BCUT2D eigenvalue weighted by molar-refractivity contribution is 5.95. The first kappa shape index (κ1) is 8.74. The van der Waals surface area contributed by atoms with Gasteiger partial charge < -0.3 is 10.1 Å². The van der Waals surface area contributed by atoms with Crippen LogP contribution < -0.4 is 0 Å². The monoisotopic (exact) mass is 190 g/mol. The molecular weight excluding hydrogens is 180 g/mol. The summed E-state index contributed by atoms with van der Waals surface area (Å²) in [7, 11) is 0. The number of pyridine rings is 1. The van der Waals surface area contributed by atoms with Crippen LogP contribution in [-0.2, 0) is 6.42 Å². The van der Waals surface area contributed by atoms with Crippen molar-refractivity contribution in [3.8, 4) is 0 Å². The number of H-pyrrole nitrogens is 1.